The van der Waals surface area contributed by atoms with E-state index in [1.54, 1.807) is 21.9 Å². The third-order valence-electron chi connectivity index (χ3n) is 7.15. The highest BCUT2D eigenvalue weighted by Gasteiger charge is 2.26. The molecule has 0 unspecified atom stereocenters. The van der Waals surface area contributed by atoms with Crippen LogP contribution in [0.15, 0.2) is 72.8 Å². The van der Waals surface area contributed by atoms with Crippen molar-refractivity contribution < 1.29 is 14.0 Å². The number of piperazine rings is 1. The number of benzene rings is 4. The molecule has 2 amide bonds. The minimum absolute atomic E-state index is 0.0560. The Balaban J connectivity index is 1.12. The Morgan fingerprint density at radius 1 is 0.946 bits per heavy atom. The van der Waals surface area contributed by atoms with Gasteiger partial charge in [-0.15, -0.1) is 0 Å². The van der Waals surface area contributed by atoms with E-state index < -0.39 is 5.82 Å². The van der Waals surface area contributed by atoms with Crippen LogP contribution in [0.25, 0.3) is 10.8 Å². The maximum atomic E-state index is 14.4. The van der Waals surface area contributed by atoms with Crippen molar-refractivity contribution in [3.63, 3.8) is 0 Å². The van der Waals surface area contributed by atoms with Crippen molar-refractivity contribution in [2.75, 3.05) is 29.9 Å². The molecular formula is C30H23FN4O2. The summed E-state index contributed by atoms with van der Waals surface area (Å²) in [6.45, 7) is 1.61. The van der Waals surface area contributed by atoms with Crippen molar-refractivity contribution in [3.05, 3.63) is 106 Å². The number of amides is 2. The first kappa shape index (κ1) is 22.7. The van der Waals surface area contributed by atoms with E-state index in [0.717, 1.165) is 45.1 Å². The quantitative estimate of drug-likeness (QED) is 0.434. The van der Waals surface area contributed by atoms with Gasteiger partial charge in [-0.1, -0.05) is 42.5 Å². The minimum atomic E-state index is -0.487. The maximum Gasteiger partial charge on any atom is 0.256 e. The van der Waals surface area contributed by atoms with Crippen LogP contribution in [0.5, 0.6) is 0 Å². The van der Waals surface area contributed by atoms with E-state index >= 15 is 0 Å². The molecule has 6 rings (SSSR count). The highest BCUT2D eigenvalue weighted by molar-refractivity contribution is 6.24. The number of nitrogens with one attached hydrogen (secondary N) is 1. The van der Waals surface area contributed by atoms with E-state index in [1.165, 1.54) is 6.07 Å². The molecule has 2 aliphatic heterocycles. The first-order chi connectivity index (χ1) is 18.0. The van der Waals surface area contributed by atoms with Crippen LogP contribution in [-0.4, -0.2) is 36.3 Å². The third-order valence-corrected chi connectivity index (χ3v) is 7.15. The number of carbonyl (C=O) groups excluding carboxylic acids is 2. The number of halogens is 1. The van der Waals surface area contributed by atoms with Crippen LogP contribution in [0, 0.1) is 17.1 Å². The number of rotatable bonds is 5. The maximum absolute atomic E-state index is 14.4. The van der Waals surface area contributed by atoms with Gasteiger partial charge in [-0.3, -0.25) is 9.59 Å². The average molecular weight is 491 g/mol. The molecule has 0 spiro atoms. The molecule has 2 heterocycles. The Bertz CT molecular complexity index is 1610. The largest absolute Gasteiger partial charge is 0.358 e. The van der Waals surface area contributed by atoms with Crippen molar-refractivity contribution >= 4 is 34.0 Å². The molecule has 6 nitrogen and oxygen atoms in total. The fourth-order valence-corrected chi connectivity index (χ4v) is 5.22. The van der Waals surface area contributed by atoms with Gasteiger partial charge in [0.1, 0.15) is 5.82 Å². The predicted molar refractivity (Wildman–Crippen MR) is 140 cm³/mol. The number of anilines is 2. The van der Waals surface area contributed by atoms with Gasteiger partial charge in [0.15, 0.2) is 0 Å². The minimum Gasteiger partial charge on any atom is -0.358 e. The van der Waals surface area contributed by atoms with Crippen molar-refractivity contribution in [1.29, 1.82) is 5.26 Å². The second kappa shape index (κ2) is 9.07. The lowest BCUT2D eigenvalue weighted by Gasteiger charge is -2.35. The first-order valence-electron chi connectivity index (χ1n) is 12.2. The summed E-state index contributed by atoms with van der Waals surface area (Å²) < 4.78 is 14.4. The zero-order valence-electron chi connectivity index (χ0n) is 20.0. The Morgan fingerprint density at radius 3 is 2.51 bits per heavy atom. The SMILES string of the molecule is N#Cc1ccc(N2CCN(Cc3ccc(Cc4ccc5c6c(cccc46)C(=O)N5)cc3)C(=O)C2)c(F)c1. The second-order valence-corrected chi connectivity index (χ2v) is 9.46. The molecule has 4 aromatic carbocycles. The van der Waals surface area contributed by atoms with E-state index in [1.807, 2.05) is 36.4 Å². The highest BCUT2D eigenvalue weighted by atomic mass is 19.1. The molecule has 2 aliphatic rings. The Morgan fingerprint density at radius 2 is 1.76 bits per heavy atom. The molecule has 1 N–H and O–H groups in total. The molecule has 0 radical (unpaired) electrons. The van der Waals surface area contributed by atoms with Crippen LogP contribution in [-0.2, 0) is 17.8 Å². The van der Waals surface area contributed by atoms with E-state index in [2.05, 4.69) is 29.6 Å². The van der Waals surface area contributed by atoms with Gasteiger partial charge in [-0.25, -0.2) is 4.39 Å². The smallest absolute Gasteiger partial charge is 0.256 e. The molecule has 0 atom stereocenters. The van der Waals surface area contributed by atoms with Gasteiger partial charge in [0.25, 0.3) is 5.91 Å². The summed E-state index contributed by atoms with van der Waals surface area (Å²) >= 11 is 0. The monoisotopic (exact) mass is 490 g/mol. The predicted octanol–water partition coefficient (Wildman–Crippen LogP) is 4.86. The van der Waals surface area contributed by atoms with Gasteiger partial charge >= 0.3 is 0 Å². The second-order valence-electron chi connectivity index (χ2n) is 9.46. The normalized spacial score (nSPS) is 14.7. The summed E-state index contributed by atoms with van der Waals surface area (Å²) in [7, 11) is 0. The lowest BCUT2D eigenvalue weighted by Crippen LogP contribution is -2.50. The van der Waals surface area contributed by atoms with Crippen LogP contribution in [0.4, 0.5) is 15.8 Å². The topological polar surface area (TPSA) is 76.4 Å². The number of hydrogen-bond donors (Lipinski definition) is 1. The van der Waals surface area contributed by atoms with Gasteiger partial charge < -0.3 is 15.1 Å². The number of nitrogens with zero attached hydrogens (tertiary/aromatic N) is 3. The molecule has 4 aromatic rings. The number of nitriles is 1. The lowest BCUT2D eigenvalue weighted by molar-refractivity contribution is -0.131. The Hall–Kier alpha value is -4.70. The molecule has 0 saturated carbocycles. The number of carbonyl (C=O) groups is 2. The molecule has 0 aromatic heterocycles. The van der Waals surface area contributed by atoms with Crippen molar-refractivity contribution in [1.82, 2.24) is 4.90 Å². The zero-order valence-corrected chi connectivity index (χ0v) is 20.0. The Kier molecular flexibility index (Phi) is 5.57. The van der Waals surface area contributed by atoms with E-state index in [-0.39, 0.29) is 23.9 Å². The molecular weight excluding hydrogens is 467 g/mol. The van der Waals surface area contributed by atoms with Gasteiger partial charge in [-0.05, 0) is 58.8 Å². The van der Waals surface area contributed by atoms with Crippen molar-refractivity contribution in [2.45, 2.75) is 13.0 Å². The van der Waals surface area contributed by atoms with Crippen molar-refractivity contribution in [2.24, 2.45) is 0 Å². The summed E-state index contributed by atoms with van der Waals surface area (Å²) in [5.74, 6) is -0.603. The summed E-state index contributed by atoms with van der Waals surface area (Å²) in [5, 5.41) is 13.9. The molecule has 0 aliphatic carbocycles. The highest BCUT2D eigenvalue weighted by Crippen LogP contribution is 2.35. The van der Waals surface area contributed by atoms with Gasteiger partial charge in [0.2, 0.25) is 5.91 Å². The molecule has 37 heavy (non-hydrogen) atoms. The van der Waals surface area contributed by atoms with E-state index in [9.17, 15) is 14.0 Å². The molecule has 182 valence electrons. The molecule has 1 saturated heterocycles. The molecule has 0 bridgehead atoms. The number of hydrogen-bond acceptors (Lipinski definition) is 4. The van der Waals surface area contributed by atoms with Gasteiger partial charge in [-0.2, -0.15) is 5.26 Å². The van der Waals surface area contributed by atoms with Crippen molar-refractivity contribution in [3.8, 4) is 6.07 Å². The van der Waals surface area contributed by atoms with Crippen LogP contribution in [0.3, 0.4) is 0 Å². The van der Waals surface area contributed by atoms with E-state index in [0.29, 0.717) is 25.3 Å². The fourth-order valence-electron chi connectivity index (χ4n) is 5.22. The fraction of sp³-hybridized carbons (Fsp3) is 0.167. The van der Waals surface area contributed by atoms with Crippen LogP contribution in [0.2, 0.25) is 0 Å². The first-order valence-corrected chi connectivity index (χ1v) is 12.2. The zero-order chi connectivity index (χ0) is 25.5. The Labute approximate surface area is 213 Å². The third kappa shape index (κ3) is 4.17. The standard InChI is InChI=1S/C30H23FN4O2/c31-25-15-21(16-32)8-11-27(25)34-12-13-35(28(36)18-34)17-20-6-4-19(5-7-20)14-22-9-10-26-29-23(22)2-1-3-24(29)30(37)33-26/h1-11,15H,12-14,17-18H2,(H,33,37). The van der Waals surface area contributed by atoms with Crippen LogP contribution >= 0.6 is 0 Å². The summed E-state index contributed by atoms with van der Waals surface area (Å²) in [6, 6.07) is 24.4. The van der Waals surface area contributed by atoms with Gasteiger partial charge in [0.05, 0.1) is 23.9 Å². The molecule has 7 heteroatoms. The summed E-state index contributed by atoms with van der Waals surface area (Å²) in [6.07, 6.45) is 0.739. The van der Waals surface area contributed by atoms with Crippen LogP contribution in [0.1, 0.15) is 32.6 Å². The van der Waals surface area contributed by atoms with E-state index in [4.69, 9.17) is 5.26 Å². The average Bonchev–Trinajstić information content (AvgIpc) is 3.24. The van der Waals surface area contributed by atoms with Gasteiger partial charge in [0, 0.05) is 36.3 Å². The summed E-state index contributed by atoms with van der Waals surface area (Å²) in [5.41, 5.74) is 5.53. The molecule has 1 fully saturated rings. The summed E-state index contributed by atoms with van der Waals surface area (Å²) in [4.78, 5) is 28.5. The van der Waals surface area contributed by atoms with Crippen LogP contribution < -0.4 is 10.2 Å². The lowest BCUT2D eigenvalue weighted by atomic mass is 9.95.